The van der Waals surface area contributed by atoms with E-state index in [1.54, 1.807) is 0 Å². The summed E-state index contributed by atoms with van der Waals surface area (Å²) in [7, 11) is 1.93. The Bertz CT molecular complexity index is 686. The minimum atomic E-state index is -0.0321. The number of benzene rings is 1. The lowest BCUT2D eigenvalue weighted by atomic mass is 10.0. The van der Waals surface area contributed by atoms with Gasteiger partial charge in [-0.1, -0.05) is 12.1 Å². The first kappa shape index (κ1) is 11.0. The van der Waals surface area contributed by atoms with Gasteiger partial charge >= 0.3 is 0 Å². The van der Waals surface area contributed by atoms with E-state index in [2.05, 4.69) is 0 Å². The van der Waals surface area contributed by atoms with Crippen molar-refractivity contribution in [1.82, 2.24) is 0 Å². The van der Waals surface area contributed by atoms with Gasteiger partial charge in [0.2, 0.25) is 5.52 Å². The van der Waals surface area contributed by atoms with Gasteiger partial charge < -0.3 is 5.11 Å². The number of fused-ring (bicyclic) bond motifs is 1. The Hall–Kier alpha value is -2.16. The van der Waals surface area contributed by atoms with E-state index in [0.717, 1.165) is 16.5 Å². The fourth-order valence-corrected chi connectivity index (χ4v) is 2.51. The molecule has 0 spiro atoms. The first-order valence-electron chi connectivity index (χ1n) is 5.99. The highest BCUT2D eigenvalue weighted by Crippen LogP contribution is 2.28. The van der Waals surface area contributed by atoms with Crippen LogP contribution in [-0.2, 0) is 11.8 Å². The number of aromatic nitrogens is 1. The molecule has 0 unspecified atom stereocenters. The summed E-state index contributed by atoms with van der Waals surface area (Å²) >= 11 is 0. The predicted molar refractivity (Wildman–Crippen MR) is 66.3 cm³/mol. The third-order valence-electron chi connectivity index (χ3n) is 3.39. The van der Waals surface area contributed by atoms with Gasteiger partial charge in [-0.15, -0.1) is 5.76 Å². The van der Waals surface area contributed by atoms with Gasteiger partial charge in [0.05, 0.1) is 0 Å². The van der Waals surface area contributed by atoms with Gasteiger partial charge in [-0.25, -0.2) is 4.57 Å². The van der Waals surface area contributed by atoms with Crippen molar-refractivity contribution in [2.24, 2.45) is 7.05 Å². The number of para-hydroxylation sites is 1. The number of Topliss-reactive ketones (excluding diaryl/α,β-unsaturated/α-hetero) is 1. The lowest BCUT2D eigenvalue weighted by molar-refractivity contribution is -0.645. The predicted octanol–water partition coefficient (Wildman–Crippen LogP) is 1.10. The van der Waals surface area contributed by atoms with Gasteiger partial charge in [0.1, 0.15) is 7.05 Å². The fourth-order valence-electron chi connectivity index (χ4n) is 2.51. The fraction of sp³-hybridized carbons (Fsp3) is 0.200. The Balaban J connectivity index is 2.25. The van der Waals surface area contributed by atoms with Crippen LogP contribution in [0.4, 0.5) is 0 Å². The van der Waals surface area contributed by atoms with Crippen LogP contribution in [0.3, 0.4) is 0 Å². The van der Waals surface area contributed by atoms with Crippen LogP contribution in [0.15, 0.2) is 42.3 Å². The largest absolute Gasteiger partial charge is 0.875 e. The van der Waals surface area contributed by atoms with E-state index in [-0.39, 0.29) is 11.5 Å². The zero-order valence-electron chi connectivity index (χ0n) is 10.1. The molecule has 1 aromatic heterocycles. The molecule has 0 amide bonds. The minimum Gasteiger partial charge on any atom is -0.875 e. The molecule has 0 fully saturated rings. The molecule has 0 N–H and O–H groups in total. The van der Waals surface area contributed by atoms with Crippen LogP contribution in [0.5, 0.6) is 0 Å². The van der Waals surface area contributed by atoms with Crippen LogP contribution in [0, 0.1) is 0 Å². The van der Waals surface area contributed by atoms with Crippen LogP contribution in [0.2, 0.25) is 0 Å². The molecule has 18 heavy (non-hydrogen) atoms. The number of ketones is 1. The van der Waals surface area contributed by atoms with Crippen molar-refractivity contribution >= 4 is 22.3 Å². The maximum Gasteiger partial charge on any atom is 0.212 e. The maximum atomic E-state index is 11.8. The molecular formula is C15H13NO2. The number of hydrogen-bond donors (Lipinski definition) is 0. The van der Waals surface area contributed by atoms with Gasteiger partial charge in [0.15, 0.2) is 12.0 Å². The molecule has 1 aliphatic carbocycles. The summed E-state index contributed by atoms with van der Waals surface area (Å²) in [5, 5.41) is 12.8. The van der Waals surface area contributed by atoms with Crippen LogP contribution >= 0.6 is 0 Å². The molecule has 1 aromatic carbocycles. The van der Waals surface area contributed by atoms with Crippen LogP contribution in [0.1, 0.15) is 18.4 Å². The van der Waals surface area contributed by atoms with Crippen LogP contribution in [0.25, 0.3) is 16.5 Å². The highest BCUT2D eigenvalue weighted by molar-refractivity contribution is 6.23. The van der Waals surface area contributed by atoms with Crippen LogP contribution in [-0.4, -0.2) is 5.78 Å². The van der Waals surface area contributed by atoms with Crippen molar-refractivity contribution in [3.63, 3.8) is 0 Å². The Kier molecular flexibility index (Phi) is 2.40. The van der Waals surface area contributed by atoms with E-state index in [1.165, 1.54) is 0 Å². The molecule has 1 aliphatic rings. The van der Waals surface area contributed by atoms with Gasteiger partial charge in [0.25, 0.3) is 0 Å². The van der Waals surface area contributed by atoms with Crippen molar-refractivity contribution in [3.8, 4) is 0 Å². The Labute approximate surface area is 105 Å². The maximum absolute atomic E-state index is 11.8. The lowest BCUT2D eigenvalue weighted by Gasteiger charge is -2.09. The molecule has 0 aliphatic heterocycles. The van der Waals surface area contributed by atoms with E-state index in [4.69, 9.17) is 0 Å². The van der Waals surface area contributed by atoms with Crippen molar-refractivity contribution in [2.45, 2.75) is 12.8 Å². The van der Waals surface area contributed by atoms with Gasteiger partial charge in [0, 0.05) is 29.0 Å². The molecular weight excluding hydrogens is 226 g/mol. The summed E-state index contributed by atoms with van der Waals surface area (Å²) < 4.78 is 1.95. The topological polar surface area (TPSA) is 44.0 Å². The Morgan fingerprint density at radius 3 is 2.72 bits per heavy atom. The molecule has 3 nitrogen and oxygen atoms in total. The van der Waals surface area contributed by atoms with Gasteiger partial charge in [-0.05, 0) is 18.6 Å². The molecule has 1 heterocycles. The monoisotopic (exact) mass is 239 g/mol. The standard InChI is InChI=1S/C15H13NO2/c1-16-9-11(15-13(17)6-7-14(15)18)8-10-4-2-3-5-12(10)16/h2-5,8-9H,6-7H2,1H3. The quantitative estimate of drug-likeness (QED) is 0.699. The summed E-state index contributed by atoms with van der Waals surface area (Å²) in [5.74, 6) is -0.0643. The summed E-state index contributed by atoms with van der Waals surface area (Å²) in [6.07, 6.45) is 2.56. The summed E-state index contributed by atoms with van der Waals surface area (Å²) in [4.78, 5) is 11.8. The first-order chi connectivity index (χ1) is 8.66. The average Bonchev–Trinajstić information content (AvgIpc) is 2.69. The molecule has 0 saturated heterocycles. The van der Waals surface area contributed by atoms with E-state index < -0.39 is 0 Å². The highest BCUT2D eigenvalue weighted by Gasteiger charge is 2.21. The zero-order valence-corrected chi connectivity index (χ0v) is 10.1. The molecule has 90 valence electrons. The third kappa shape index (κ3) is 1.59. The highest BCUT2D eigenvalue weighted by atomic mass is 16.3. The lowest BCUT2D eigenvalue weighted by Crippen LogP contribution is -2.29. The van der Waals surface area contributed by atoms with E-state index in [1.807, 2.05) is 48.1 Å². The second kappa shape index (κ2) is 3.95. The number of allylic oxidation sites excluding steroid dienone is 2. The van der Waals surface area contributed by atoms with Gasteiger partial charge in [-0.3, -0.25) is 4.79 Å². The Morgan fingerprint density at radius 2 is 2.00 bits per heavy atom. The Morgan fingerprint density at radius 1 is 1.22 bits per heavy atom. The zero-order chi connectivity index (χ0) is 12.7. The molecule has 0 saturated carbocycles. The van der Waals surface area contributed by atoms with Crippen molar-refractivity contribution in [2.75, 3.05) is 0 Å². The number of aryl methyl sites for hydroxylation is 1. The number of pyridine rings is 1. The van der Waals surface area contributed by atoms with Crippen LogP contribution < -0.4 is 9.67 Å². The molecule has 3 rings (SSSR count). The summed E-state index contributed by atoms with van der Waals surface area (Å²) in [5.41, 5.74) is 2.19. The number of nitrogens with zero attached hydrogens (tertiary/aromatic N) is 1. The summed E-state index contributed by atoms with van der Waals surface area (Å²) in [6, 6.07) is 9.85. The van der Waals surface area contributed by atoms with E-state index in [9.17, 15) is 9.90 Å². The average molecular weight is 239 g/mol. The number of carbonyl (C=O) groups is 1. The van der Waals surface area contributed by atoms with Gasteiger partial charge in [-0.2, -0.15) is 0 Å². The third-order valence-corrected chi connectivity index (χ3v) is 3.39. The number of rotatable bonds is 1. The second-order valence-electron chi connectivity index (χ2n) is 4.62. The normalized spacial score (nSPS) is 15.7. The van der Waals surface area contributed by atoms with E-state index in [0.29, 0.717) is 18.4 Å². The molecule has 0 atom stereocenters. The molecule has 3 heteroatoms. The number of hydrogen-bond acceptors (Lipinski definition) is 2. The van der Waals surface area contributed by atoms with Crippen molar-refractivity contribution in [1.29, 1.82) is 0 Å². The minimum absolute atomic E-state index is 0.0321. The second-order valence-corrected chi connectivity index (χ2v) is 4.62. The summed E-state index contributed by atoms with van der Waals surface area (Å²) in [6.45, 7) is 0. The SMILES string of the molecule is C[n+]1cc(C2=C([O-])CCC2=O)cc2ccccc21. The van der Waals surface area contributed by atoms with Crippen molar-refractivity contribution < 1.29 is 14.5 Å². The molecule has 2 aromatic rings. The van der Waals surface area contributed by atoms with E-state index >= 15 is 0 Å². The smallest absolute Gasteiger partial charge is 0.212 e. The molecule has 0 radical (unpaired) electrons. The first-order valence-corrected chi connectivity index (χ1v) is 5.99. The van der Waals surface area contributed by atoms with Crippen molar-refractivity contribution in [3.05, 3.63) is 47.9 Å². The number of carbonyl (C=O) groups excluding carboxylic acids is 1. The molecule has 0 bridgehead atoms.